The summed E-state index contributed by atoms with van der Waals surface area (Å²) >= 11 is 0. The Hall–Kier alpha value is -2.01. The van der Waals surface area contributed by atoms with Gasteiger partial charge in [0.1, 0.15) is 0 Å². The minimum atomic E-state index is -0.910. The van der Waals surface area contributed by atoms with Gasteiger partial charge in [0.2, 0.25) is 0 Å². The van der Waals surface area contributed by atoms with Gasteiger partial charge in [-0.05, 0) is 43.2 Å². The van der Waals surface area contributed by atoms with Crippen LogP contribution in [0.15, 0.2) is 36.5 Å². The monoisotopic (exact) mass is 302 g/mol. The molecule has 0 radical (unpaired) electrons. The molecule has 1 unspecified atom stereocenters. The zero-order valence-electron chi connectivity index (χ0n) is 12.3. The van der Waals surface area contributed by atoms with Gasteiger partial charge in [0.05, 0.1) is 5.56 Å². The van der Waals surface area contributed by atoms with E-state index in [9.17, 15) is 9.00 Å². The maximum atomic E-state index is 12.3. The third-order valence-corrected chi connectivity index (χ3v) is 4.02. The third-order valence-electron chi connectivity index (χ3n) is 3.30. The van der Waals surface area contributed by atoms with E-state index in [-0.39, 0.29) is 5.91 Å². The van der Waals surface area contributed by atoms with Crippen molar-refractivity contribution in [1.29, 1.82) is 0 Å². The number of amides is 1. The van der Waals surface area contributed by atoms with Gasteiger partial charge < -0.3 is 5.32 Å². The second-order valence-electron chi connectivity index (χ2n) is 4.90. The van der Waals surface area contributed by atoms with E-state index in [0.29, 0.717) is 17.0 Å². The van der Waals surface area contributed by atoms with Crippen molar-refractivity contribution in [1.82, 2.24) is 4.98 Å². The van der Waals surface area contributed by atoms with Crippen molar-refractivity contribution in [2.75, 3.05) is 11.6 Å². The first-order valence-electron chi connectivity index (χ1n) is 6.60. The van der Waals surface area contributed by atoms with Gasteiger partial charge in [-0.2, -0.15) is 0 Å². The van der Waals surface area contributed by atoms with Gasteiger partial charge in [0, 0.05) is 40.4 Å². The van der Waals surface area contributed by atoms with Gasteiger partial charge in [-0.25, -0.2) is 0 Å². The summed E-state index contributed by atoms with van der Waals surface area (Å²) in [5.41, 5.74) is 3.92. The van der Waals surface area contributed by atoms with Crippen molar-refractivity contribution < 1.29 is 9.00 Å². The molecular weight excluding hydrogens is 284 g/mol. The predicted octanol–water partition coefficient (Wildman–Crippen LogP) is 2.83. The van der Waals surface area contributed by atoms with Crippen molar-refractivity contribution in [2.45, 2.75) is 19.6 Å². The number of nitrogens with zero attached hydrogens (tertiary/aromatic N) is 1. The number of aryl methyl sites for hydroxylation is 1. The normalized spacial score (nSPS) is 12.0. The number of rotatable bonds is 4. The van der Waals surface area contributed by atoms with E-state index >= 15 is 0 Å². The Labute approximate surface area is 127 Å². The molecule has 0 spiro atoms. The van der Waals surface area contributed by atoms with Gasteiger partial charge in [0.25, 0.3) is 5.91 Å². The fourth-order valence-corrected chi connectivity index (χ4v) is 2.86. The van der Waals surface area contributed by atoms with Crippen LogP contribution in [-0.4, -0.2) is 21.4 Å². The van der Waals surface area contributed by atoms with Gasteiger partial charge in [-0.15, -0.1) is 0 Å². The zero-order chi connectivity index (χ0) is 15.4. The van der Waals surface area contributed by atoms with Crippen LogP contribution >= 0.6 is 0 Å². The number of hydrogen-bond acceptors (Lipinski definition) is 3. The molecule has 0 bridgehead atoms. The Morgan fingerprint density at radius 1 is 1.24 bits per heavy atom. The smallest absolute Gasteiger partial charge is 0.257 e. The number of pyridine rings is 1. The molecule has 0 fully saturated rings. The third kappa shape index (κ3) is 3.76. The summed E-state index contributed by atoms with van der Waals surface area (Å²) in [5.74, 6) is 0.306. The number of carbonyl (C=O) groups excluding carboxylic acids is 1. The Morgan fingerprint density at radius 2 is 2.00 bits per heavy atom. The minimum absolute atomic E-state index is 0.182. The predicted molar refractivity (Wildman–Crippen MR) is 85.9 cm³/mol. The van der Waals surface area contributed by atoms with Crippen molar-refractivity contribution >= 4 is 22.4 Å². The van der Waals surface area contributed by atoms with Crippen LogP contribution < -0.4 is 5.32 Å². The van der Waals surface area contributed by atoms with Crippen LogP contribution in [0.5, 0.6) is 0 Å². The van der Waals surface area contributed by atoms with Crippen molar-refractivity contribution in [3.63, 3.8) is 0 Å². The van der Waals surface area contributed by atoms with E-state index < -0.39 is 10.8 Å². The first-order valence-corrected chi connectivity index (χ1v) is 8.33. The molecule has 0 saturated carbocycles. The lowest BCUT2D eigenvalue weighted by Gasteiger charge is -2.12. The van der Waals surface area contributed by atoms with Crippen LogP contribution in [0.3, 0.4) is 0 Å². The topological polar surface area (TPSA) is 59.1 Å². The highest BCUT2D eigenvalue weighted by Crippen LogP contribution is 2.21. The molecule has 2 rings (SSSR count). The van der Waals surface area contributed by atoms with E-state index in [1.807, 2.05) is 25.1 Å². The van der Waals surface area contributed by atoms with Gasteiger partial charge in [-0.3, -0.25) is 14.0 Å². The molecule has 0 saturated heterocycles. The number of anilines is 1. The summed E-state index contributed by atoms with van der Waals surface area (Å²) in [5, 5.41) is 2.90. The highest BCUT2D eigenvalue weighted by atomic mass is 32.2. The lowest BCUT2D eigenvalue weighted by Crippen LogP contribution is -2.15. The Morgan fingerprint density at radius 3 is 2.67 bits per heavy atom. The highest BCUT2D eigenvalue weighted by molar-refractivity contribution is 7.83. The van der Waals surface area contributed by atoms with Crippen LogP contribution in [0.4, 0.5) is 5.69 Å². The van der Waals surface area contributed by atoms with E-state index in [1.54, 1.807) is 31.5 Å². The van der Waals surface area contributed by atoms with Crippen LogP contribution in [0.25, 0.3) is 0 Å². The first kappa shape index (κ1) is 15.4. The SMILES string of the molecule is Cc1ncccc1C(=O)Nc1cccc(CS(C)=O)c1C. The average Bonchev–Trinajstić information content (AvgIpc) is 2.43. The second kappa shape index (κ2) is 6.63. The summed E-state index contributed by atoms with van der Waals surface area (Å²) in [6, 6.07) is 9.13. The number of hydrogen-bond donors (Lipinski definition) is 1. The summed E-state index contributed by atoms with van der Waals surface area (Å²) in [7, 11) is -0.910. The minimum Gasteiger partial charge on any atom is -0.322 e. The number of carbonyl (C=O) groups is 1. The molecule has 1 atom stereocenters. The molecule has 1 amide bonds. The molecule has 1 aromatic carbocycles. The zero-order valence-corrected chi connectivity index (χ0v) is 13.2. The average molecular weight is 302 g/mol. The molecule has 21 heavy (non-hydrogen) atoms. The second-order valence-corrected chi connectivity index (χ2v) is 6.33. The molecule has 0 aliphatic carbocycles. The van der Waals surface area contributed by atoms with Crippen LogP contribution in [0.1, 0.15) is 27.2 Å². The van der Waals surface area contributed by atoms with Crippen molar-refractivity contribution in [3.8, 4) is 0 Å². The molecule has 1 N–H and O–H groups in total. The lowest BCUT2D eigenvalue weighted by atomic mass is 10.1. The number of benzene rings is 1. The first-order chi connectivity index (χ1) is 9.99. The van der Waals surface area contributed by atoms with E-state index in [0.717, 1.165) is 16.8 Å². The standard InChI is InChI=1S/C16H18N2O2S/c1-11-13(10-21(3)20)6-4-8-15(11)18-16(19)14-7-5-9-17-12(14)2/h4-9H,10H2,1-3H3,(H,18,19). The van der Waals surface area contributed by atoms with E-state index in [4.69, 9.17) is 0 Å². The molecule has 0 aliphatic heterocycles. The van der Waals surface area contributed by atoms with Gasteiger partial charge in [0.15, 0.2) is 0 Å². The number of aromatic nitrogens is 1. The molecule has 1 heterocycles. The Balaban J connectivity index is 2.26. The molecule has 4 nitrogen and oxygen atoms in total. The number of nitrogens with one attached hydrogen (secondary N) is 1. The van der Waals surface area contributed by atoms with Crippen LogP contribution in [-0.2, 0) is 16.6 Å². The Kier molecular flexibility index (Phi) is 4.85. The highest BCUT2D eigenvalue weighted by Gasteiger charge is 2.12. The van der Waals surface area contributed by atoms with Gasteiger partial charge >= 0.3 is 0 Å². The quantitative estimate of drug-likeness (QED) is 0.944. The summed E-state index contributed by atoms with van der Waals surface area (Å²) in [6.45, 7) is 3.73. The fourth-order valence-electron chi connectivity index (χ4n) is 2.11. The Bertz CT molecular complexity index is 698. The summed E-state index contributed by atoms with van der Waals surface area (Å²) in [6.07, 6.45) is 3.33. The largest absolute Gasteiger partial charge is 0.322 e. The van der Waals surface area contributed by atoms with Crippen LogP contribution in [0.2, 0.25) is 0 Å². The lowest BCUT2D eigenvalue weighted by molar-refractivity contribution is 0.102. The van der Waals surface area contributed by atoms with E-state index in [2.05, 4.69) is 10.3 Å². The van der Waals surface area contributed by atoms with Crippen molar-refractivity contribution in [2.24, 2.45) is 0 Å². The molecule has 1 aromatic heterocycles. The van der Waals surface area contributed by atoms with Crippen molar-refractivity contribution in [3.05, 3.63) is 58.9 Å². The summed E-state index contributed by atoms with van der Waals surface area (Å²) < 4.78 is 11.4. The molecule has 110 valence electrons. The van der Waals surface area contributed by atoms with E-state index in [1.165, 1.54) is 0 Å². The molecule has 5 heteroatoms. The fraction of sp³-hybridized carbons (Fsp3) is 0.250. The van der Waals surface area contributed by atoms with Gasteiger partial charge in [-0.1, -0.05) is 12.1 Å². The maximum Gasteiger partial charge on any atom is 0.257 e. The van der Waals surface area contributed by atoms with Crippen LogP contribution in [0, 0.1) is 13.8 Å². The molecular formula is C16H18N2O2S. The summed E-state index contributed by atoms with van der Waals surface area (Å²) in [4.78, 5) is 16.4. The molecule has 0 aliphatic rings. The maximum absolute atomic E-state index is 12.3. The molecule has 2 aromatic rings.